The predicted molar refractivity (Wildman–Crippen MR) is 481 cm³/mol. The molecule has 12 rings (SSSR count). The Kier molecular flexibility index (Phi) is 33.3. The molecule has 2 aromatic heterocycles. The highest BCUT2D eigenvalue weighted by molar-refractivity contribution is 14.1. The molecule has 5 aliphatic rings. The van der Waals surface area contributed by atoms with E-state index < -0.39 is 74.0 Å². The summed E-state index contributed by atoms with van der Waals surface area (Å²) < 4.78 is 64.1. The van der Waals surface area contributed by atoms with Gasteiger partial charge in [0.05, 0.1) is 70.8 Å². The number of esters is 2. The number of thiazole rings is 1. The van der Waals surface area contributed by atoms with E-state index in [2.05, 4.69) is 47.2 Å². The Bertz CT molecular complexity index is 5260. The number of oxime groups is 2. The van der Waals surface area contributed by atoms with Crippen LogP contribution in [0.1, 0.15) is 149 Å². The third-order valence-electron chi connectivity index (χ3n) is 23.2. The average molecular weight is 1930 g/mol. The second-order valence-electron chi connectivity index (χ2n) is 33.7. The van der Waals surface area contributed by atoms with Gasteiger partial charge in [0.25, 0.3) is 0 Å². The number of Topliss-reactive ketones (excluding diaryl/α,β-unsaturated/α-hetero) is 2. The van der Waals surface area contributed by atoms with Gasteiger partial charge in [-0.25, -0.2) is 24.4 Å². The van der Waals surface area contributed by atoms with Gasteiger partial charge in [-0.15, -0.1) is 23.1 Å². The van der Waals surface area contributed by atoms with Crippen molar-refractivity contribution in [2.45, 2.75) is 157 Å². The molecule has 668 valence electrons. The van der Waals surface area contributed by atoms with Crippen LogP contribution in [0.5, 0.6) is 34.5 Å². The lowest BCUT2D eigenvalue weighted by atomic mass is 9.79. The number of likely N-dealkylation sites (tertiary alicyclic amines) is 1. The van der Waals surface area contributed by atoms with Crippen molar-refractivity contribution in [1.29, 1.82) is 0 Å². The minimum absolute atomic E-state index is 0.00362. The SMILES string of the molecule is COc1ccc(COC(=O)C2=C(CI)CS(=O)[C@@H]3[C@H](CC(=O)/C(=N/OC(C)(C)C(C)(C)C)c4csc(C)n4)C(=O)N23)cc1.COc1ccc(COC(=O)C2=C(C[N+]3(CC[NH+](C)C(=O)c4ccc(OCc5ccc(OC)cc5)c(OCc5ccc(OC)cc5)c4Cl)CCCC3)CS[C@@H]3[C@H](CC(=O)/C(=N/OC(C)(C)C(C)(C)C)c4nsc(C)n4)C(=O)N23)cc1.O=C=O. The molecule has 0 spiro atoms. The van der Waals surface area contributed by atoms with Gasteiger partial charge in [-0.3, -0.25) is 38.1 Å². The van der Waals surface area contributed by atoms with E-state index in [0.29, 0.717) is 78.5 Å². The van der Waals surface area contributed by atoms with Gasteiger partial charge in [0.1, 0.15) is 118 Å². The van der Waals surface area contributed by atoms with Crippen molar-refractivity contribution < 1.29 is 104 Å². The zero-order valence-electron chi connectivity index (χ0n) is 73.2. The number of rotatable bonds is 35. The molecule has 35 heteroatoms. The number of ether oxygens (including phenoxy) is 8. The summed E-state index contributed by atoms with van der Waals surface area (Å²) in [6.45, 7) is 26.7. The Morgan fingerprint density at radius 1 is 0.624 bits per heavy atom. The maximum atomic E-state index is 14.6. The lowest BCUT2D eigenvalue weighted by molar-refractivity contribution is -0.934. The number of thioether (sulfide) groups is 1. The Morgan fingerprint density at radius 2 is 1.09 bits per heavy atom. The zero-order valence-corrected chi connectivity index (χ0v) is 79.4. The van der Waals surface area contributed by atoms with Crippen LogP contribution >= 0.6 is 68.8 Å². The topological polar surface area (TPSA) is 337 Å². The van der Waals surface area contributed by atoms with E-state index in [4.69, 9.17) is 68.8 Å². The minimum Gasteiger partial charge on any atom is -0.497 e. The summed E-state index contributed by atoms with van der Waals surface area (Å²) >= 11 is 13.3. The van der Waals surface area contributed by atoms with Crippen LogP contribution in [0, 0.1) is 36.5 Å². The van der Waals surface area contributed by atoms with Gasteiger partial charge in [-0.2, -0.15) is 14.0 Å². The molecule has 0 radical (unpaired) electrons. The number of halogens is 2. The number of ketones is 2. The van der Waals surface area contributed by atoms with Gasteiger partial charge < -0.3 is 52.1 Å². The lowest BCUT2D eigenvalue weighted by Gasteiger charge is -2.50. The van der Waals surface area contributed by atoms with Crippen molar-refractivity contribution in [3.8, 4) is 34.5 Å². The van der Waals surface area contributed by atoms with E-state index in [1.165, 1.54) is 32.9 Å². The highest BCUT2D eigenvalue weighted by Gasteiger charge is 2.58. The number of hydrogen-bond donors (Lipinski definition) is 1. The van der Waals surface area contributed by atoms with Crippen LogP contribution in [-0.2, 0) is 94.7 Å². The van der Waals surface area contributed by atoms with E-state index in [1.807, 2.05) is 144 Å². The summed E-state index contributed by atoms with van der Waals surface area (Å²) in [7, 11) is 6.69. The molecule has 125 heavy (non-hydrogen) atoms. The van der Waals surface area contributed by atoms with Gasteiger partial charge in [0, 0.05) is 74.2 Å². The van der Waals surface area contributed by atoms with Gasteiger partial charge in [0.2, 0.25) is 11.8 Å². The summed E-state index contributed by atoms with van der Waals surface area (Å²) in [4.78, 5) is 139. The number of quaternary nitrogens is 2. The summed E-state index contributed by atoms with van der Waals surface area (Å²) in [5.74, 6) is -0.741. The first kappa shape index (κ1) is 97.4. The lowest BCUT2D eigenvalue weighted by Crippen LogP contribution is -3.12. The van der Waals surface area contributed by atoms with Crippen molar-refractivity contribution in [1.82, 2.24) is 24.1 Å². The molecule has 2 unspecified atom stereocenters. The van der Waals surface area contributed by atoms with E-state index in [1.54, 1.807) is 89.3 Å². The number of fused-ring (bicyclic) bond motifs is 2. The first-order valence-electron chi connectivity index (χ1n) is 40.5. The third kappa shape index (κ3) is 23.7. The van der Waals surface area contributed by atoms with E-state index in [9.17, 15) is 37.8 Å². The molecule has 7 heterocycles. The van der Waals surface area contributed by atoms with Crippen molar-refractivity contribution in [3.63, 3.8) is 0 Å². The largest absolute Gasteiger partial charge is 0.497 e. The standard InChI is InChI=1S/C59H70ClN6O11S2.C30H36IN3O7S2.CO2/c1-37-61-53(63-79-37)50(62-77-59(5,6)58(2,3)4)47(67)31-46-55(69)65-51(57(70)76-35-40-17-23-44(73-10)24-18-40)41(36-78-56(46)65)32-66(28-11-12-29-66)30-27-64(7)54(68)45-25-26-48(74-33-38-13-19-42(71-8)20-14-38)52(49(45)60)75-34-39-15-21-43(72-9)22-16-39;1-17-32-22(15-42-17)24(33-41-30(5,6)29(2,3)4)23(35)12-21-26(36)34-25(19(13-31)16-43(38)27(21)34)28(37)40-14-18-8-10-20(39-7)11-9-18;2-1-3/h13-26,46,56H,11-12,27-36H2,1-10H3;8-11,15,21,27H,12-14,16H2,1-7H3;/q+1;;/p+1/b62-50-;33-24+;/t46-,56-;21-,27-,43?;/m11./s1. The molecule has 0 bridgehead atoms. The number of methoxy groups -OCH3 is 4. The quantitative estimate of drug-likeness (QED) is 0.00733. The monoisotopic (exact) mass is 1920 g/mol. The van der Waals surface area contributed by atoms with E-state index >= 15 is 0 Å². The number of nitrogens with one attached hydrogen (secondary N) is 1. The number of nitrogens with zero attached hydrogens (tertiary/aromatic N) is 8. The average Bonchev–Trinajstić information content (AvgIpc) is 0.855. The minimum atomic E-state index is -1.51. The van der Waals surface area contributed by atoms with Crippen LogP contribution in [0.4, 0.5) is 0 Å². The molecule has 0 saturated carbocycles. The highest BCUT2D eigenvalue weighted by atomic mass is 127. The Morgan fingerprint density at radius 3 is 1.55 bits per heavy atom. The summed E-state index contributed by atoms with van der Waals surface area (Å²) in [5, 5.41) is 10.5. The Labute approximate surface area is 761 Å². The number of carbonyl (C=O) groups excluding carboxylic acids is 9. The molecule has 6 atom stereocenters. The normalized spacial score (nSPS) is 18.3. The van der Waals surface area contributed by atoms with E-state index in [0.717, 1.165) is 76.0 Å². The number of hydrogen-bond acceptors (Lipinski definition) is 28. The molecule has 7 aromatic rings. The van der Waals surface area contributed by atoms with Crippen LogP contribution in [0.25, 0.3) is 0 Å². The predicted octanol–water partition coefficient (Wildman–Crippen LogP) is 13.0. The molecule has 3 saturated heterocycles. The van der Waals surface area contributed by atoms with Crippen LogP contribution in [0.15, 0.2) is 147 Å². The van der Waals surface area contributed by atoms with Gasteiger partial charge in [-0.1, -0.05) is 135 Å². The molecular formula is C90H107ClIN9O20S4+2. The maximum absolute atomic E-state index is 14.6. The smallest absolute Gasteiger partial charge is 0.373 e. The van der Waals surface area contributed by atoms with Gasteiger partial charge in [-0.05, 0) is 142 Å². The summed E-state index contributed by atoms with van der Waals surface area (Å²) in [6, 6.07) is 32.7. The first-order chi connectivity index (χ1) is 59.3. The molecule has 3 fully saturated rings. The Balaban J connectivity index is 0.000000298. The van der Waals surface area contributed by atoms with Gasteiger partial charge in [0.15, 0.2) is 40.3 Å². The third-order valence-corrected chi connectivity index (χ3v) is 28.9. The fourth-order valence-electron chi connectivity index (χ4n) is 13.7. The second kappa shape index (κ2) is 42.7. The molecule has 29 nitrogen and oxygen atoms in total. The zero-order chi connectivity index (χ0) is 91.0. The number of alkyl halides is 1. The molecular weight excluding hydrogens is 1820 g/mol. The Hall–Kier alpha value is -9.78. The first-order valence-corrected chi connectivity index (χ1v) is 46.4. The maximum Gasteiger partial charge on any atom is 0.373 e. The number of aromatic nitrogens is 3. The van der Waals surface area contributed by atoms with E-state index in [-0.39, 0.29) is 119 Å². The van der Waals surface area contributed by atoms with Crippen LogP contribution in [0.2, 0.25) is 5.02 Å². The van der Waals surface area contributed by atoms with Crippen LogP contribution < -0.4 is 33.3 Å². The van der Waals surface area contributed by atoms with Crippen molar-refractivity contribution >= 4 is 138 Å². The van der Waals surface area contributed by atoms with Crippen molar-refractivity contribution in [2.24, 2.45) is 33.0 Å². The summed E-state index contributed by atoms with van der Waals surface area (Å²) in [6.07, 6.45) is 1.73. The molecule has 5 aliphatic heterocycles. The number of benzene rings is 5. The van der Waals surface area contributed by atoms with Crippen LogP contribution in [0.3, 0.4) is 0 Å². The molecule has 3 amide bonds. The molecule has 1 N–H and O–H groups in total. The fourth-order valence-corrected chi connectivity index (χ4v) is 19.3. The van der Waals surface area contributed by atoms with Gasteiger partial charge >= 0.3 is 24.0 Å². The van der Waals surface area contributed by atoms with Crippen molar-refractivity contribution in [3.05, 3.63) is 191 Å². The van der Waals surface area contributed by atoms with Crippen molar-refractivity contribution in [2.75, 3.05) is 84.1 Å². The molecule has 5 aromatic carbocycles. The number of likely N-dealkylation sites (N-methyl/N-ethyl adjacent to an activating group) is 1. The number of aryl methyl sites for hydroxylation is 2. The van der Waals surface area contributed by atoms with Crippen LogP contribution in [-0.4, -0.2) is 198 Å². The highest BCUT2D eigenvalue weighted by Crippen LogP contribution is 2.48. The number of β-lactam (4-membered cyclic amide) rings is 2. The summed E-state index contributed by atoms with van der Waals surface area (Å²) in [5.41, 5.74) is 3.45. The fraction of sp³-hybridized carbons (Fsp3) is 0.456. The molecule has 0 aliphatic carbocycles. The number of carbonyl (C=O) groups is 7. The number of amides is 3. The second-order valence-corrected chi connectivity index (χ2v) is 39.5.